The fourth-order valence-electron chi connectivity index (χ4n) is 1.48. The van der Waals surface area contributed by atoms with E-state index in [9.17, 15) is 0 Å². The lowest BCUT2D eigenvalue weighted by Gasteiger charge is -1.93. The third kappa shape index (κ3) is 1.61. The van der Waals surface area contributed by atoms with Gasteiger partial charge in [-0.05, 0) is 40.2 Å². The minimum absolute atomic E-state index is 0.550. The molecule has 0 unspecified atom stereocenters. The Morgan fingerprint density at radius 1 is 1.06 bits per heavy atom. The number of nitrogens with zero attached hydrogens (tertiary/aromatic N) is 2. The van der Waals surface area contributed by atoms with Gasteiger partial charge in [-0.15, -0.1) is 0 Å². The lowest BCUT2D eigenvalue weighted by molar-refractivity contribution is 0.617. The van der Waals surface area contributed by atoms with Crippen LogP contribution in [-0.4, -0.2) is 9.97 Å². The molecule has 3 rings (SSSR count). The van der Waals surface area contributed by atoms with E-state index in [4.69, 9.17) is 4.42 Å². The molecule has 3 aromatic rings. The number of para-hydroxylation sites is 2. The quantitative estimate of drug-likeness (QED) is 0.680. The van der Waals surface area contributed by atoms with E-state index in [1.807, 2.05) is 36.4 Å². The molecule has 0 fully saturated rings. The van der Waals surface area contributed by atoms with Crippen LogP contribution in [0.25, 0.3) is 22.7 Å². The number of pyridine rings is 1. The van der Waals surface area contributed by atoms with Crippen LogP contribution in [0, 0.1) is 0 Å². The second-order valence-corrected chi connectivity index (χ2v) is 4.26. The van der Waals surface area contributed by atoms with Gasteiger partial charge in [0.25, 0.3) is 0 Å². The molecule has 0 saturated heterocycles. The van der Waals surface area contributed by atoms with E-state index in [1.54, 1.807) is 6.20 Å². The van der Waals surface area contributed by atoms with Crippen LogP contribution < -0.4 is 0 Å². The van der Waals surface area contributed by atoms with Crippen molar-refractivity contribution in [2.24, 2.45) is 0 Å². The van der Waals surface area contributed by atoms with Gasteiger partial charge in [-0.2, -0.15) is 0 Å². The van der Waals surface area contributed by atoms with Crippen molar-refractivity contribution >= 4 is 27.0 Å². The molecule has 0 aliphatic carbocycles. The molecular formula is C12H7BrN2O. The predicted octanol–water partition coefficient (Wildman–Crippen LogP) is 3.65. The number of rotatable bonds is 1. The molecule has 4 heteroatoms. The monoisotopic (exact) mass is 274 g/mol. The van der Waals surface area contributed by atoms with Gasteiger partial charge in [0, 0.05) is 10.7 Å². The third-order valence-corrected chi connectivity index (χ3v) is 2.71. The maximum atomic E-state index is 5.61. The van der Waals surface area contributed by atoms with Gasteiger partial charge < -0.3 is 4.42 Å². The minimum atomic E-state index is 0.550. The zero-order chi connectivity index (χ0) is 11.0. The Hall–Kier alpha value is -1.68. The molecule has 0 atom stereocenters. The number of hydrogen-bond acceptors (Lipinski definition) is 3. The second kappa shape index (κ2) is 3.72. The van der Waals surface area contributed by atoms with Gasteiger partial charge in [0.15, 0.2) is 5.58 Å². The number of halogens is 1. The molecule has 0 spiro atoms. The average molecular weight is 275 g/mol. The van der Waals surface area contributed by atoms with E-state index in [0.29, 0.717) is 5.89 Å². The van der Waals surface area contributed by atoms with Crippen molar-refractivity contribution in [2.45, 2.75) is 0 Å². The molecule has 0 aliphatic rings. The first kappa shape index (κ1) is 9.54. The highest BCUT2D eigenvalue weighted by Crippen LogP contribution is 2.23. The topological polar surface area (TPSA) is 38.9 Å². The van der Waals surface area contributed by atoms with Crippen molar-refractivity contribution in [3.8, 4) is 11.6 Å². The highest BCUT2D eigenvalue weighted by atomic mass is 79.9. The van der Waals surface area contributed by atoms with Crippen molar-refractivity contribution in [2.75, 3.05) is 0 Å². The molecular weight excluding hydrogens is 268 g/mol. The van der Waals surface area contributed by atoms with Crippen LogP contribution in [0.1, 0.15) is 0 Å². The SMILES string of the molecule is Brc1ccc(-c2nc3ccccc3o2)nc1. The lowest BCUT2D eigenvalue weighted by atomic mass is 10.3. The first-order chi connectivity index (χ1) is 7.83. The summed E-state index contributed by atoms with van der Waals surface area (Å²) in [6.45, 7) is 0. The fraction of sp³-hybridized carbons (Fsp3) is 0. The number of aromatic nitrogens is 2. The van der Waals surface area contributed by atoms with Crippen molar-refractivity contribution in [3.63, 3.8) is 0 Å². The lowest BCUT2D eigenvalue weighted by Crippen LogP contribution is -1.81. The Bertz CT molecular complexity index is 598. The standard InChI is InChI=1S/C12H7BrN2O/c13-8-5-6-10(14-7-8)12-15-9-3-1-2-4-11(9)16-12/h1-7H. The van der Waals surface area contributed by atoms with Gasteiger partial charge in [-0.25, -0.2) is 4.98 Å². The summed E-state index contributed by atoms with van der Waals surface area (Å²) in [4.78, 5) is 8.61. The summed E-state index contributed by atoms with van der Waals surface area (Å²) < 4.78 is 6.54. The van der Waals surface area contributed by atoms with Crippen molar-refractivity contribution in [1.82, 2.24) is 9.97 Å². The van der Waals surface area contributed by atoms with E-state index in [2.05, 4.69) is 25.9 Å². The van der Waals surface area contributed by atoms with E-state index in [-0.39, 0.29) is 0 Å². The highest BCUT2D eigenvalue weighted by Gasteiger charge is 2.08. The average Bonchev–Trinajstić information content (AvgIpc) is 2.73. The van der Waals surface area contributed by atoms with Crippen molar-refractivity contribution < 1.29 is 4.42 Å². The maximum Gasteiger partial charge on any atom is 0.246 e. The summed E-state index contributed by atoms with van der Waals surface area (Å²) in [7, 11) is 0. The van der Waals surface area contributed by atoms with E-state index >= 15 is 0 Å². The summed E-state index contributed by atoms with van der Waals surface area (Å²) in [5.74, 6) is 0.550. The summed E-state index contributed by atoms with van der Waals surface area (Å²) in [5, 5.41) is 0. The van der Waals surface area contributed by atoms with Crippen molar-refractivity contribution in [1.29, 1.82) is 0 Å². The van der Waals surface area contributed by atoms with E-state index in [0.717, 1.165) is 21.3 Å². The normalized spacial score (nSPS) is 10.8. The van der Waals surface area contributed by atoms with Gasteiger partial charge in [0.05, 0.1) is 0 Å². The van der Waals surface area contributed by atoms with Crippen LogP contribution in [-0.2, 0) is 0 Å². The number of benzene rings is 1. The fourth-order valence-corrected chi connectivity index (χ4v) is 1.72. The zero-order valence-corrected chi connectivity index (χ0v) is 9.81. The smallest absolute Gasteiger partial charge is 0.246 e. The summed E-state index contributed by atoms with van der Waals surface area (Å²) in [6.07, 6.45) is 1.73. The molecule has 16 heavy (non-hydrogen) atoms. The molecule has 2 heterocycles. The third-order valence-electron chi connectivity index (χ3n) is 2.24. The van der Waals surface area contributed by atoms with Gasteiger partial charge >= 0.3 is 0 Å². The van der Waals surface area contributed by atoms with Crippen LogP contribution in [0.15, 0.2) is 51.5 Å². The molecule has 1 aromatic carbocycles. The molecule has 0 saturated carbocycles. The Kier molecular flexibility index (Phi) is 2.22. The summed E-state index contributed by atoms with van der Waals surface area (Å²) >= 11 is 3.34. The number of fused-ring (bicyclic) bond motifs is 1. The molecule has 0 amide bonds. The Morgan fingerprint density at radius 2 is 1.94 bits per heavy atom. The van der Waals surface area contributed by atoms with Gasteiger partial charge in [0.2, 0.25) is 5.89 Å². The summed E-state index contributed by atoms with van der Waals surface area (Å²) in [6, 6.07) is 11.5. The predicted molar refractivity (Wildman–Crippen MR) is 64.9 cm³/mol. The largest absolute Gasteiger partial charge is 0.435 e. The zero-order valence-electron chi connectivity index (χ0n) is 8.22. The number of oxazole rings is 1. The molecule has 2 aromatic heterocycles. The van der Waals surface area contributed by atoms with Crippen LogP contribution in [0.4, 0.5) is 0 Å². The van der Waals surface area contributed by atoms with Gasteiger partial charge in [-0.3, -0.25) is 4.98 Å². The van der Waals surface area contributed by atoms with Crippen LogP contribution in [0.5, 0.6) is 0 Å². The minimum Gasteiger partial charge on any atom is -0.435 e. The Balaban J connectivity index is 2.15. The first-order valence-corrected chi connectivity index (χ1v) is 5.60. The molecule has 0 radical (unpaired) electrons. The number of hydrogen-bond donors (Lipinski definition) is 0. The van der Waals surface area contributed by atoms with Crippen molar-refractivity contribution in [3.05, 3.63) is 47.1 Å². The first-order valence-electron chi connectivity index (χ1n) is 4.80. The molecule has 0 N–H and O–H groups in total. The summed E-state index contributed by atoms with van der Waals surface area (Å²) in [5.41, 5.74) is 2.36. The molecule has 0 bridgehead atoms. The van der Waals surface area contributed by atoms with Gasteiger partial charge in [-0.1, -0.05) is 12.1 Å². The van der Waals surface area contributed by atoms with E-state index in [1.165, 1.54) is 0 Å². The molecule has 78 valence electrons. The van der Waals surface area contributed by atoms with Gasteiger partial charge in [0.1, 0.15) is 11.2 Å². The highest BCUT2D eigenvalue weighted by molar-refractivity contribution is 9.10. The molecule has 3 nitrogen and oxygen atoms in total. The maximum absolute atomic E-state index is 5.61. The van der Waals surface area contributed by atoms with E-state index < -0.39 is 0 Å². The van der Waals surface area contributed by atoms with Crippen LogP contribution in [0.3, 0.4) is 0 Å². The Labute approximate surface area is 100 Å². The second-order valence-electron chi connectivity index (χ2n) is 3.35. The molecule has 0 aliphatic heterocycles. The van der Waals surface area contributed by atoms with Crippen LogP contribution in [0.2, 0.25) is 0 Å². The Morgan fingerprint density at radius 3 is 2.69 bits per heavy atom. The van der Waals surface area contributed by atoms with Crippen LogP contribution >= 0.6 is 15.9 Å².